The van der Waals surface area contributed by atoms with Gasteiger partial charge in [0.1, 0.15) is 9.92 Å². The molecule has 0 fully saturated rings. The van der Waals surface area contributed by atoms with E-state index in [1.165, 1.54) is 18.0 Å². The minimum Gasteiger partial charge on any atom is -0.469 e. The van der Waals surface area contributed by atoms with Gasteiger partial charge in [-0.05, 0) is 18.8 Å². The summed E-state index contributed by atoms with van der Waals surface area (Å²) in [6, 6.07) is 0. The summed E-state index contributed by atoms with van der Waals surface area (Å²) in [6.07, 6.45) is 7.30. The lowest BCUT2D eigenvalue weighted by atomic mass is 10.5. The first-order chi connectivity index (χ1) is 8.58. The Morgan fingerprint density at radius 1 is 1.37 bits per heavy atom. The molecular formula is C11H20N2O4S2. The van der Waals surface area contributed by atoms with Crippen molar-refractivity contribution in [1.29, 1.82) is 0 Å². The van der Waals surface area contributed by atoms with E-state index in [9.17, 15) is 13.2 Å². The maximum atomic E-state index is 12.3. The van der Waals surface area contributed by atoms with E-state index in [0.29, 0.717) is 5.03 Å². The lowest BCUT2D eigenvalue weighted by molar-refractivity contribution is -0.140. The van der Waals surface area contributed by atoms with Crippen LogP contribution in [0.1, 0.15) is 6.42 Å². The third-order valence-electron chi connectivity index (χ3n) is 2.48. The van der Waals surface area contributed by atoms with E-state index in [-0.39, 0.29) is 17.1 Å². The molecule has 0 atom stereocenters. The van der Waals surface area contributed by atoms with E-state index in [1.807, 2.05) is 18.8 Å². The van der Waals surface area contributed by atoms with Gasteiger partial charge in [-0.25, -0.2) is 18.4 Å². The number of hydrogen-bond donors (Lipinski definition) is 0. The minimum atomic E-state index is -3.52. The Hall–Kier alpha value is -1.02. The normalized spacial score (nSPS) is 13.3. The van der Waals surface area contributed by atoms with Gasteiger partial charge >= 0.3 is 5.97 Å². The van der Waals surface area contributed by atoms with Gasteiger partial charge in [-0.1, -0.05) is 0 Å². The van der Waals surface area contributed by atoms with E-state index < -0.39 is 25.8 Å². The second-order valence-electron chi connectivity index (χ2n) is 4.95. The molecule has 0 aromatic carbocycles. The molecule has 0 N–H and O–H groups in total. The average molecular weight is 308 g/mol. The van der Waals surface area contributed by atoms with Crippen LogP contribution >= 0.6 is 10.0 Å². The van der Waals surface area contributed by atoms with Gasteiger partial charge in [0.25, 0.3) is 0 Å². The predicted octanol–water partition coefficient (Wildman–Crippen LogP) is 0.810. The number of ether oxygens (including phenoxy) is 1. The van der Waals surface area contributed by atoms with Gasteiger partial charge in [0.2, 0.25) is 0 Å². The fraction of sp³-hybridized carbons (Fsp3) is 0.636. The van der Waals surface area contributed by atoms with Gasteiger partial charge in [-0.3, -0.25) is 9.48 Å². The predicted molar refractivity (Wildman–Crippen MR) is 75.5 cm³/mol. The molecule has 0 aliphatic rings. The Labute approximate surface area is 115 Å². The van der Waals surface area contributed by atoms with Crippen molar-refractivity contribution in [2.45, 2.75) is 16.3 Å². The van der Waals surface area contributed by atoms with Crippen molar-refractivity contribution >= 4 is 25.8 Å². The third-order valence-corrected chi connectivity index (χ3v) is 5.78. The zero-order valence-electron chi connectivity index (χ0n) is 11.8. The highest BCUT2D eigenvalue weighted by Crippen LogP contribution is 2.47. The monoisotopic (exact) mass is 308 g/mol. The summed E-state index contributed by atoms with van der Waals surface area (Å²) in [5, 5.41) is 4.85. The minimum absolute atomic E-state index is 0.146. The van der Waals surface area contributed by atoms with E-state index in [0.717, 1.165) is 0 Å². The van der Waals surface area contributed by atoms with Gasteiger partial charge in [-0.2, -0.15) is 5.10 Å². The largest absolute Gasteiger partial charge is 0.469 e. The van der Waals surface area contributed by atoms with Crippen LogP contribution in [0.2, 0.25) is 0 Å². The number of carbonyl (C=O) groups excluding carboxylic acids is 1. The van der Waals surface area contributed by atoms with Crippen LogP contribution in [-0.2, 0) is 26.4 Å². The number of esters is 1. The molecule has 0 spiro atoms. The molecule has 0 saturated heterocycles. The Morgan fingerprint density at radius 2 is 1.95 bits per heavy atom. The molecule has 0 aliphatic carbocycles. The summed E-state index contributed by atoms with van der Waals surface area (Å²) >= 11 is 0. The number of aromatic nitrogens is 2. The summed E-state index contributed by atoms with van der Waals surface area (Å²) < 4.78 is 30.5. The maximum Gasteiger partial charge on any atom is 0.306 e. The molecule has 0 amide bonds. The van der Waals surface area contributed by atoms with Gasteiger partial charge in [0.15, 0.2) is 9.84 Å². The molecule has 0 radical (unpaired) electrons. The van der Waals surface area contributed by atoms with E-state index in [1.54, 1.807) is 7.05 Å². The van der Waals surface area contributed by atoms with Crippen molar-refractivity contribution in [3.8, 4) is 0 Å². The number of hydrogen-bond acceptors (Lipinski definition) is 5. The zero-order valence-corrected chi connectivity index (χ0v) is 13.5. The van der Waals surface area contributed by atoms with Crippen LogP contribution in [0.3, 0.4) is 0 Å². The van der Waals surface area contributed by atoms with Crippen molar-refractivity contribution in [3.05, 3.63) is 6.20 Å². The lowest BCUT2D eigenvalue weighted by Gasteiger charge is -2.23. The fourth-order valence-corrected chi connectivity index (χ4v) is 4.95. The van der Waals surface area contributed by atoms with Crippen LogP contribution in [0.25, 0.3) is 0 Å². The number of aryl methyl sites for hydroxylation is 1. The number of nitrogens with zero attached hydrogens (tertiary/aromatic N) is 2. The van der Waals surface area contributed by atoms with E-state index in [2.05, 4.69) is 9.84 Å². The molecule has 0 aliphatic heterocycles. The van der Waals surface area contributed by atoms with Gasteiger partial charge in [0.05, 0.1) is 19.3 Å². The Morgan fingerprint density at radius 3 is 2.42 bits per heavy atom. The standard InChI is InChI=1S/C11H20N2O4S2/c1-13-8-9(11(12-13)18(3,4)5)19(15,16)7-6-10(14)17-2/h8H,6-7H2,1-5H3. The molecule has 1 aromatic rings. The molecule has 0 bridgehead atoms. The Kier molecular flexibility index (Phi) is 4.67. The lowest BCUT2D eigenvalue weighted by Crippen LogP contribution is -2.13. The van der Waals surface area contributed by atoms with Crippen LogP contribution < -0.4 is 0 Å². The van der Waals surface area contributed by atoms with E-state index in [4.69, 9.17) is 0 Å². The molecule has 19 heavy (non-hydrogen) atoms. The highest BCUT2D eigenvalue weighted by Gasteiger charge is 2.27. The summed E-state index contributed by atoms with van der Waals surface area (Å²) in [5.74, 6) is -0.787. The second-order valence-corrected chi connectivity index (χ2v) is 11.1. The first-order valence-corrected chi connectivity index (χ1v) is 10.1. The van der Waals surface area contributed by atoms with Crippen LogP contribution in [0.15, 0.2) is 16.1 Å². The van der Waals surface area contributed by atoms with Crippen LogP contribution in [0.4, 0.5) is 0 Å². The maximum absolute atomic E-state index is 12.3. The third kappa shape index (κ3) is 3.97. The molecule has 1 rings (SSSR count). The molecular weight excluding hydrogens is 288 g/mol. The van der Waals surface area contributed by atoms with Crippen molar-refractivity contribution in [2.75, 3.05) is 31.6 Å². The number of rotatable bonds is 5. The van der Waals surface area contributed by atoms with E-state index >= 15 is 0 Å². The fourth-order valence-electron chi connectivity index (χ4n) is 1.51. The molecule has 0 saturated carbocycles. The van der Waals surface area contributed by atoms with Crippen molar-refractivity contribution in [1.82, 2.24) is 9.78 Å². The highest BCUT2D eigenvalue weighted by molar-refractivity contribution is 8.32. The molecule has 8 heteroatoms. The number of carbonyl (C=O) groups is 1. The average Bonchev–Trinajstić information content (AvgIpc) is 2.69. The molecule has 1 aromatic heterocycles. The van der Waals surface area contributed by atoms with Crippen molar-refractivity contribution < 1.29 is 17.9 Å². The van der Waals surface area contributed by atoms with Crippen molar-refractivity contribution in [2.24, 2.45) is 7.05 Å². The molecule has 6 nitrogen and oxygen atoms in total. The van der Waals surface area contributed by atoms with Crippen molar-refractivity contribution in [3.63, 3.8) is 0 Å². The smallest absolute Gasteiger partial charge is 0.306 e. The van der Waals surface area contributed by atoms with Gasteiger partial charge in [0, 0.05) is 13.2 Å². The molecule has 1 heterocycles. The number of methoxy groups -OCH3 is 1. The SMILES string of the molecule is COC(=O)CCS(=O)(=O)c1cn(C)nc1S(C)(C)C. The van der Waals surface area contributed by atoms with Crippen LogP contribution in [-0.4, -0.2) is 55.8 Å². The molecule has 110 valence electrons. The summed E-state index contributed by atoms with van der Waals surface area (Å²) in [5.41, 5.74) is 0. The Bertz CT molecular complexity index is 570. The zero-order chi connectivity index (χ0) is 14.8. The topological polar surface area (TPSA) is 78.3 Å². The highest BCUT2D eigenvalue weighted by atomic mass is 32.3. The summed E-state index contributed by atoms with van der Waals surface area (Å²) in [7, 11) is -1.86. The number of sulfone groups is 1. The second kappa shape index (κ2) is 5.54. The first kappa shape index (κ1) is 16.0. The summed E-state index contributed by atoms with van der Waals surface area (Å²) in [4.78, 5) is 11.3. The first-order valence-electron chi connectivity index (χ1n) is 5.59. The quantitative estimate of drug-likeness (QED) is 0.752. The van der Waals surface area contributed by atoms with Crippen LogP contribution in [0.5, 0.6) is 0 Å². The van der Waals surface area contributed by atoms with Gasteiger partial charge < -0.3 is 4.74 Å². The van der Waals surface area contributed by atoms with Gasteiger partial charge in [-0.15, -0.1) is 0 Å². The van der Waals surface area contributed by atoms with Crippen LogP contribution in [0, 0.1) is 0 Å². The Balaban J connectivity index is 3.12. The molecule has 0 unspecified atom stereocenters. The summed E-state index contributed by atoms with van der Waals surface area (Å²) in [6.45, 7) is 0.